The zero-order chi connectivity index (χ0) is 20.9. The highest BCUT2D eigenvalue weighted by atomic mass is 16.5. The van der Waals surface area contributed by atoms with E-state index in [1.807, 2.05) is 43.3 Å². The lowest BCUT2D eigenvalue weighted by Gasteiger charge is -2.06. The van der Waals surface area contributed by atoms with Gasteiger partial charge >= 0.3 is 6.01 Å². The molecule has 30 heavy (non-hydrogen) atoms. The molecule has 0 bridgehead atoms. The zero-order valence-electron chi connectivity index (χ0n) is 16.5. The Morgan fingerprint density at radius 2 is 1.53 bits per heavy atom. The fourth-order valence-corrected chi connectivity index (χ4v) is 2.79. The van der Waals surface area contributed by atoms with E-state index in [1.54, 1.807) is 43.5 Å². The van der Waals surface area contributed by atoms with Crippen LogP contribution in [0.25, 0.3) is 11.5 Å². The summed E-state index contributed by atoms with van der Waals surface area (Å²) in [5.74, 6) is 0.886. The van der Waals surface area contributed by atoms with E-state index in [4.69, 9.17) is 9.15 Å². The Bertz CT molecular complexity index is 1130. The Balaban J connectivity index is 1.41. The summed E-state index contributed by atoms with van der Waals surface area (Å²) in [7, 11) is 1.58. The Hall–Kier alpha value is -4.13. The summed E-state index contributed by atoms with van der Waals surface area (Å²) in [5, 5.41) is 14.0. The number of carbonyl (C=O) groups is 1. The number of methoxy groups -OCH3 is 1. The maximum atomic E-state index is 12.4. The van der Waals surface area contributed by atoms with Crippen LogP contribution in [0.4, 0.5) is 17.4 Å². The van der Waals surface area contributed by atoms with Crippen molar-refractivity contribution in [1.82, 2.24) is 10.2 Å². The van der Waals surface area contributed by atoms with Crippen LogP contribution in [-0.2, 0) is 0 Å². The minimum atomic E-state index is -0.201. The number of benzene rings is 3. The summed E-state index contributed by atoms with van der Waals surface area (Å²) in [6.07, 6.45) is 0. The smallest absolute Gasteiger partial charge is 0.320 e. The van der Waals surface area contributed by atoms with Crippen LogP contribution in [0.2, 0.25) is 0 Å². The minimum Gasteiger partial charge on any atom is -0.497 e. The van der Waals surface area contributed by atoms with Crippen molar-refractivity contribution in [2.24, 2.45) is 0 Å². The molecule has 1 amide bonds. The molecule has 1 aromatic heterocycles. The second-order valence-corrected chi connectivity index (χ2v) is 6.66. The highest BCUT2D eigenvalue weighted by molar-refractivity contribution is 6.04. The van der Waals surface area contributed by atoms with E-state index >= 15 is 0 Å². The highest BCUT2D eigenvalue weighted by Crippen LogP contribution is 2.24. The van der Waals surface area contributed by atoms with Crippen LogP contribution in [-0.4, -0.2) is 23.2 Å². The Labute approximate surface area is 173 Å². The lowest BCUT2D eigenvalue weighted by molar-refractivity contribution is 0.102. The third-order valence-electron chi connectivity index (χ3n) is 4.47. The van der Waals surface area contributed by atoms with Crippen molar-refractivity contribution in [3.8, 4) is 17.2 Å². The van der Waals surface area contributed by atoms with Gasteiger partial charge in [0, 0.05) is 22.5 Å². The molecule has 0 aliphatic heterocycles. The fourth-order valence-electron chi connectivity index (χ4n) is 2.79. The molecule has 0 aliphatic rings. The number of nitrogens with one attached hydrogen (secondary N) is 2. The standard InChI is InChI=1S/C23H20N4O3/c1-15-3-9-19(10-4-15)25-23-27-26-22(30-23)17-5-11-18(12-6-17)24-21(28)16-7-13-20(29-2)14-8-16/h3-14H,1-2H3,(H,24,28)(H,25,27). The van der Waals surface area contributed by atoms with Crippen LogP contribution < -0.4 is 15.4 Å². The van der Waals surface area contributed by atoms with Gasteiger partial charge in [0.15, 0.2) is 0 Å². The molecule has 0 spiro atoms. The van der Waals surface area contributed by atoms with Crippen LogP contribution in [0.15, 0.2) is 77.2 Å². The Kier molecular flexibility index (Phi) is 5.43. The van der Waals surface area contributed by atoms with Gasteiger partial charge in [0.25, 0.3) is 5.91 Å². The van der Waals surface area contributed by atoms with E-state index < -0.39 is 0 Å². The van der Waals surface area contributed by atoms with Gasteiger partial charge in [0.1, 0.15) is 5.75 Å². The number of rotatable bonds is 6. The second kappa shape index (κ2) is 8.48. The predicted molar refractivity (Wildman–Crippen MR) is 115 cm³/mol. The molecule has 1 heterocycles. The van der Waals surface area contributed by atoms with Crippen LogP contribution in [0, 0.1) is 6.92 Å². The first-order valence-corrected chi connectivity index (χ1v) is 9.34. The number of amides is 1. The lowest BCUT2D eigenvalue weighted by atomic mass is 10.1. The first-order valence-electron chi connectivity index (χ1n) is 9.34. The first-order chi connectivity index (χ1) is 14.6. The molecule has 0 radical (unpaired) electrons. The third-order valence-corrected chi connectivity index (χ3v) is 4.47. The number of aromatic nitrogens is 2. The zero-order valence-corrected chi connectivity index (χ0v) is 16.5. The summed E-state index contributed by atoms with van der Waals surface area (Å²) in [4.78, 5) is 12.4. The molecule has 0 saturated carbocycles. The monoisotopic (exact) mass is 400 g/mol. The van der Waals surface area contributed by atoms with Gasteiger partial charge in [-0.3, -0.25) is 4.79 Å². The van der Waals surface area contributed by atoms with Crippen molar-refractivity contribution < 1.29 is 13.9 Å². The number of hydrogen-bond acceptors (Lipinski definition) is 6. The first kappa shape index (κ1) is 19.2. The number of carbonyl (C=O) groups excluding carboxylic acids is 1. The molecule has 0 fully saturated rings. The molecule has 4 rings (SSSR count). The molecule has 0 atom stereocenters. The number of aryl methyl sites for hydroxylation is 1. The summed E-state index contributed by atoms with van der Waals surface area (Å²) in [6, 6.07) is 22.3. The van der Waals surface area contributed by atoms with E-state index in [2.05, 4.69) is 20.8 Å². The van der Waals surface area contributed by atoms with E-state index in [0.717, 1.165) is 11.3 Å². The summed E-state index contributed by atoms with van der Waals surface area (Å²) in [6.45, 7) is 2.03. The molecule has 3 aromatic carbocycles. The molecular weight excluding hydrogens is 380 g/mol. The van der Waals surface area contributed by atoms with E-state index in [1.165, 1.54) is 5.56 Å². The average molecular weight is 400 g/mol. The normalized spacial score (nSPS) is 10.5. The summed E-state index contributed by atoms with van der Waals surface area (Å²) < 4.78 is 10.8. The van der Waals surface area contributed by atoms with Gasteiger partial charge in [-0.25, -0.2) is 0 Å². The Morgan fingerprint density at radius 1 is 0.867 bits per heavy atom. The molecule has 7 nitrogen and oxygen atoms in total. The maximum Gasteiger partial charge on any atom is 0.320 e. The van der Waals surface area contributed by atoms with Gasteiger partial charge < -0.3 is 19.8 Å². The largest absolute Gasteiger partial charge is 0.497 e. The van der Waals surface area contributed by atoms with Crippen molar-refractivity contribution >= 4 is 23.3 Å². The van der Waals surface area contributed by atoms with Gasteiger partial charge in [0.05, 0.1) is 7.11 Å². The molecule has 7 heteroatoms. The van der Waals surface area contributed by atoms with Crippen molar-refractivity contribution in [2.45, 2.75) is 6.92 Å². The van der Waals surface area contributed by atoms with E-state index in [0.29, 0.717) is 28.9 Å². The highest BCUT2D eigenvalue weighted by Gasteiger charge is 2.10. The second-order valence-electron chi connectivity index (χ2n) is 6.66. The van der Waals surface area contributed by atoms with Crippen molar-refractivity contribution in [2.75, 3.05) is 17.7 Å². The quantitative estimate of drug-likeness (QED) is 0.471. The van der Waals surface area contributed by atoms with Gasteiger partial charge in [-0.2, -0.15) is 0 Å². The SMILES string of the molecule is COc1ccc(C(=O)Nc2ccc(-c3nnc(Nc4ccc(C)cc4)o3)cc2)cc1. The maximum absolute atomic E-state index is 12.4. The number of ether oxygens (including phenoxy) is 1. The average Bonchev–Trinajstić information content (AvgIpc) is 3.24. The Morgan fingerprint density at radius 3 is 2.20 bits per heavy atom. The molecule has 2 N–H and O–H groups in total. The predicted octanol–water partition coefficient (Wildman–Crippen LogP) is 5.05. The van der Waals surface area contributed by atoms with Gasteiger partial charge in [0.2, 0.25) is 5.89 Å². The van der Waals surface area contributed by atoms with Crippen LogP contribution >= 0.6 is 0 Å². The van der Waals surface area contributed by atoms with Crippen molar-refractivity contribution in [1.29, 1.82) is 0 Å². The fraction of sp³-hybridized carbons (Fsp3) is 0.0870. The number of anilines is 3. The lowest BCUT2D eigenvalue weighted by Crippen LogP contribution is -2.11. The molecular formula is C23H20N4O3. The molecule has 150 valence electrons. The van der Waals surface area contributed by atoms with Crippen LogP contribution in [0.1, 0.15) is 15.9 Å². The topological polar surface area (TPSA) is 89.3 Å². The molecule has 0 unspecified atom stereocenters. The van der Waals surface area contributed by atoms with Gasteiger partial charge in [-0.1, -0.05) is 22.8 Å². The van der Waals surface area contributed by atoms with Crippen LogP contribution in [0.3, 0.4) is 0 Å². The summed E-state index contributed by atoms with van der Waals surface area (Å²) >= 11 is 0. The van der Waals surface area contributed by atoms with Crippen molar-refractivity contribution in [3.05, 3.63) is 83.9 Å². The number of hydrogen-bond donors (Lipinski definition) is 2. The number of nitrogens with zero attached hydrogens (tertiary/aromatic N) is 2. The molecule has 4 aromatic rings. The third kappa shape index (κ3) is 4.47. The molecule has 0 aliphatic carbocycles. The van der Waals surface area contributed by atoms with E-state index in [-0.39, 0.29) is 5.91 Å². The summed E-state index contributed by atoms with van der Waals surface area (Å²) in [5.41, 5.74) is 4.00. The van der Waals surface area contributed by atoms with Crippen molar-refractivity contribution in [3.63, 3.8) is 0 Å². The van der Waals surface area contributed by atoms with Gasteiger partial charge in [-0.05, 0) is 67.6 Å². The van der Waals surface area contributed by atoms with Gasteiger partial charge in [-0.15, -0.1) is 5.10 Å². The van der Waals surface area contributed by atoms with E-state index in [9.17, 15) is 4.79 Å². The van der Waals surface area contributed by atoms with Crippen LogP contribution in [0.5, 0.6) is 5.75 Å². The molecule has 0 saturated heterocycles. The minimum absolute atomic E-state index is 0.201.